The number of ether oxygens (including phenoxy) is 1. The van der Waals surface area contributed by atoms with E-state index in [1.807, 2.05) is 19.0 Å². The summed E-state index contributed by atoms with van der Waals surface area (Å²) in [5.41, 5.74) is -0.734. The third kappa shape index (κ3) is 33.1. The summed E-state index contributed by atoms with van der Waals surface area (Å²) in [6, 6.07) is 0. The average Bonchev–Trinajstić information content (AvgIpc) is 3.14. The van der Waals surface area contributed by atoms with E-state index in [2.05, 4.69) is 52.2 Å². The highest BCUT2D eigenvalue weighted by Crippen LogP contribution is 2.27. The summed E-state index contributed by atoms with van der Waals surface area (Å²) < 4.78 is 5.99. The summed E-state index contributed by atoms with van der Waals surface area (Å²) in [6.45, 7) is 15.1. The zero-order valence-electron chi connectivity index (χ0n) is 38.2. The van der Waals surface area contributed by atoms with Gasteiger partial charge in [-0.2, -0.15) is 0 Å². The van der Waals surface area contributed by atoms with Gasteiger partial charge in [0.15, 0.2) is 0 Å². The Kier molecular flexibility index (Phi) is 34.5. The molecule has 0 fully saturated rings. The number of unbranched alkanes of at least 4 members (excludes halogenated alkanes) is 22. The molecule has 0 aliphatic heterocycles. The number of carbonyl (C=O) groups is 3. The van der Waals surface area contributed by atoms with E-state index in [0.29, 0.717) is 13.0 Å². The fraction of sp³-hybridized carbons (Fsp3) is 0.938. The molecule has 0 unspecified atom stereocenters. The van der Waals surface area contributed by atoms with Gasteiger partial charge in [0, 0.05) is 30.5 Å². The summed E-state index contributed by atoms with van der Waals surface area (Å²) in [7, 11) is 3.95. The summed E-state index contributed by atoms with van der Waals surface area (Å²) >= 11 is 0. The molecule has 0 aromatic rings. The quantitative estimate of drug-likeness (QED) is 0.0478. The van der Waals surface area contributed by atoms with E-state index in [1.165, 1.54) is 116 Å². The van der Waals surface area contributed by atoms with Crippen LogP contribution in [-0.2, 0) is 19.1 Å². The molecule has 0 aromatic carbocycles. The van der Waals surface area contributed by atoms with Crippen molar-refractivity contribution in [2.24, 2.45) is 10.8 Å². The number of rotatable bonds is 40. The molecule has 7 heteroatoms. The van der Waals surface area contributed by atoms with Gasteiger partial charge in [-0.15, -0.1) is 0 Å². The predicted molar refractivity (Wildman–Crippen MR) is 236 cm³/mol. The lowest BCUT2D eigenvalue weighted by Gasteiger charge is -2.24. The number of amides is 2. The molecule has 2 N–H and O–H groups in total. The van der Waals surface area contributed by atoms with Gasteiger partial charge in [-0.05, 0) is 65.5 Å². The molecule has 0 aromatic heterocycles. The third-order valence-corrected chi connectivity index (χ3v) is 11.6. The smallest absolute Gasteiger partial charge is 0.307 e. The minimum absolute atomic E-state index is 0.0654. The SMILES string of the molecule is CCCCCCCCCCCCNC(=O)C(C)(C)CCCCCC(CCCCCC(C)(C)C(=O)NCCCCCCCCCCCC)OC(=O)CCN(C)C. The third-order valence-electron chi connectivity index (χ3n) is 11.6. The topological polar surface area (TPSA) is 87.7 Å². The molecule has 0 saturated carbocycles. The first-order valence-electron chi connectivity index (χ1n) is 23.8. The number of nitrogens with one attached hydrogen (secondary N) is 2. The van der Waals surface area contributed by atoms with Crippen LogP contribution in [0, 0.1) is 10.8 Å². The van der Waals surface area contributed by atoms with Gasteiger partial charge >= 0.3 is 5.97 Å². The lowest BCUT2D eigenvalue weighted by atomic mass is 9.85. The molecule has 0 aliphatic carbocycles. The van der Waals surface area contributed by atoms with Crippen molar-refractivity contribution >= 4 is 17.8 Å². The molecule has 0 bridgehead atoms. The van der Waals surface area contributed by atoms with Crippen molar-refractivity contribution in [1.82, 2.24) is 15.5 Å². The largest absolute Gasteiger partial charge is 0.462 e. The van der Waals surface area contributed by atoms with Gasteiger partial charge in [0.2, 0.25) is 11.8 Å². The van der Waals surface area contributed by atoms with Crippen LogP contribution in [0.1, 0.15) is 241 Å². The van der Waals surface area contributed by atoms with Gasteiger partial charge in [-0.1, -0.05) is 183 Å². The molecule has 2 amide bonds. The Morgan fingerprint density at radius 1 is 0.491 bits per heavy atom. The van der Waals surface area contributed by atoms with Crippen molar-refractivity contribution in [2.45, 2.75) is 247 Å². The van der Waals surface area contributed by atoms with Crippen LogP contribution in [0.2, 0.25) is 0 Å². The van der Waals surface area contributed by atoms with Crippen LogP contribution in [0.15, 0.2) is 0 Å². The molecule has 0 atom stereocenters. The second-order valence-electron chi connectivity index (χ2n) is 18.5. The van der Waals surface area contributed by atoms with Crippen LogP contribution in [0.25, 0.3) is 0 Å². The zero-order valence-corrected chi connectivity index (χ0v) is 38.2. The van der Waals surface area contributed by atoms with Crippen LogP contribution < -0.4 is 10.6 Å². The molecule has 7 nitrogen and oxygen atoms in total. The minimum Gasteiger partial charge on any atom is -0.462 e. The van der Waals surface area contributed by atoms with Crippen molar-refractivity contribution in [1.29, 1.82) is 0 Å². The van der Waals surface area contributed by atoms with E-state index in [4.69, 9.17) is 4.74 Å². The van der Waals surface area contributed by atoms with Gasteiger partial charge in [0.05, 0.1) is 6.42 Å². The fourth-order valence-electron chi connectivity index (χ4n) is 7.39. The Balaban J connectivity index is 4.37. The average molecular weight is 778 g/mol. The van der Waals surface area contributed by atoms with Crippen LogP contribution in [0.4, 0.5) is 0 Å². The molecular formula is C48H95N3O4. The van der Waals surface area contributed by atoms with Crippen molar-refractivity contribution in [2.75, 3.05) is 33.7 Å². The first-order valence-corrected chi connectivity index (χ1v) is 23.8. The van der Waals surface area contributed by atoms with Crippen LogP contribution in [0.5, 0.6) is 0 Å². The summed E-state index contributed by atoms with van der Waals surface area (Å²) in [5, 5.41) is 6.40. The molecule has 0 radical (unpaired) electrons. The lowest BCUT2D eigenvalue weighted by Crippen LogP contribution is -2.37. The van der Waals surface area contributed by atoms with E-state index < -0.39 is 0 Å². The van der Waals surface area contributed by atoms with E-state index in [-0.39, 0.29) is 34.7 Å². The van der Waals surface area contributed by atoms with Gasteiger partial charge in [0.1, 0.15) is 6.10 Å². The Hall–Kier alpha value is -1.63. The van der Waals surface area contributed by atoms with Gasteiger partial charge in [0.25, 0.3) is 0 Å². The number of hydrogen-bond acceptors (Lipinski definition) is 5. The molecule has 0 aliphatic rings. The number of esters is 1. The Bertz CT molecular complexity index is 859. The molecule has 0 rings (SSSR count). The highest BCUT2D eigenvalue weighted by molar-refractivity contribution is 5.82. The molecule has 0 saturated heterocycles. The summed E-state index contributed by atoms with van der Waals surface area (Å²) in [4.78, 5) is 40.5. The number of carbonyl (C=O) groups excluding carboxylic acids is 3. The first kappa shape index (κ1) is 53.4. The van der Waals surface area contributed by atoms with E-state index >= 15 is 0 Å². The van der Waals surface area contributed by atoms with Gasteiger partial charge in [-0.3, -0.25) is 14.4 Å². The van der Waals surface area contributed by atoms with Crippen LogP contribution in [0.3, 0.4) is 0 Å². The molecule has 326 valence electrons. The summed E-state index contributed by atoms with van der Waals surface area (Å²) in [6.07, 6.45) is 35.9. The second kappa shape index (κ2) is 35.5. The molecule has 0 heterocycles. The van der Waals surface area contributed by atoms with Crippen LogP contribution >= 0.6 is 0 Å². The van der Waals surface area contributed by atoms with Crippen molar-refractivity contribution in [3.63, 3.8) is 0 Å². The Morgan fingerprint density at radius 3 is 1.16 bits per heavy atom. The molecular weight excluding hydrogens is 683 g/mol. The predicted octanol–water partition coefficient (Wildman–Crippen LogP) is 12.9. The van der Waals surface area contributed by atoms with Crippen molar-refractivity contribution in [3.8, 4) is 0 Å². The number of hydrogen-bond donors (Lipinski definition) is 2. The Morgan fingerprint density at radius 2 is 0.818 bits per heavy atom. The zero-order chi connectivity index (χ0) is 41.0. The monoisotopic (exact) mass is 778 g/mol. The highest BCUT2D eigenvalue weighted by Gasteiger charge is 2.27. The van der Waals surface area contributed by atoms with Crippen molar-refractivity contribution < 1.29 is 19.1 Å². The fourth-order valence-corrected chi connectivity index (χ4v) is 7.39. The summed E-state index contributed by atoms with van der Waals surface area (Å²) in [5.74, 6) is 0.232. The molecule has 55 heavy (non-hydrogen) atoms. The maximum atomic E-state index is 12.9. The van der Waals surface area contributed by atoms with Gasteiger partial charge < -0.3 is 20.3 Å². The van der Waals surface area contributed by atoms with E-state index in [0.717, 1.165) is 90.1 Å². The van der Waals surface area contributed by atoms with E-state index in [1.54, 1.807) is 0 Å². The highest BCUT2D eigenvalue weighted by atomic mass is 16.5. The minimum atomic E-state index is -0.367. The Labute approximate surface area is 342 Å². The maximum absolute atomic E-state index is 12.9. The lowest BCUT2D eigenvalue weighted by molar-refractivity contribution is -0.150. The standard InChI is InChI=1S/C48H95N3O4/c1-9-11-13-15-17-19-21-23-25-33-40-49-45(53)47(3,4)38-31-27-29-35-43(55-44(52)37-42-51(7)8)36-30-28-32-39-48(5,6)46(54)50-41-34-26-24-22-20-18-16-14-12-10-2/h43H,9-42H2,1-8H3,(H,49,53)(H,50,54). The first-order chi connectivity index (χ1) is 26.4. The van der Waals surface area contributed by atoms with E-state index in [9.17, 15) is 14.4 Å². The van der Waals surface area contributed by atoms with Gasteiger partial charge in [-0.25, -0.2) is 0 Å². The second-order valence-corrected chi connectivity index (χ2v) is 18.5. The maximum Gasteiger partial charge on any atom is 0.307 e. The molecule has 0 spiro atoms. The van der Waals surface area contributed by atoms with Crippen molar-refractivity contribution in [3.05, 3.63) is 0 Å². The van der Waals surface area contributed by atoms with Crippen LogP contribution in [-0.4, -0.2) is 62.5 Å². The normalized spacial score (nSPS) is 12.1. The number of nitrogens with zero attached hydrogens (tertiary/aromatic N) is 1.